The topological polar surface area (TPSA) is 115 Å². The average molecular weight is 165 g/mol. The highest BCUT2D eigenvalue weighted by Gasteiger charge is 2.23. The zero-order chi connectivity index (χ0) is 8.31. The number of carbonyl (C=O) groups is 1. The van der Waals surface area contributed by atoms with E-state index in [1.165, 1.54) is 6.92 Å². The largest absolute Gasteiger partial charge is 0.480 e. The minimum Gasteiger partial charge on any atom is -0.480 e. The van der Waals surface area contributed by atoms with Crippen molar-refractivity contribution in [3.63, 3.8) is 0 Å². The van der Waals surface area contributed by atoms with E-state index in [1.807, 2.05) is 0 Å². The molecule has 0 aliphatic heterocycles. The molecular weight excluding hydrogens is 150 g/mol. The second kappa shape index (κ2) is 5.06. The quantitative estimate of drug-likeness (QED) is 0.476. The fourth-order valence-electron chi connectivity index (χ4n) is 0.525. The van der Waals surface area contributed by atoms with E-state index < -0.39 is 24.0 Å². The highest BCUT2D eigenvalue weighted by molar-refractivity contribution is 5.73. The predicted molar refractivity (Wildman–Crippen MR) is 40.1 cm³/mol. The molecule has 68 valence electrons. The molecule has 0 saturated heterocycles. The van der Waals surface area contributed by atoms with Crippen molar-refractivity contribution >= 4 is 5.97 Å². The van der Waals surface area contributed by atoms with Gasteiger partial charge in [-0.05, 0) is 6.92 Å². The van der Waals surface area contributed by atoms with E-state index >= 15 is 0 Å². The minimum atomic E-state index is -1.08. The Kier molecular flexibility index (Phi) is 5.97. The Balaban J connectivity index is 0. The van der Waals surface area contributed by atoms with Crippen LogP contribution in [0.3, 0.4) is 0 Å². The molecule has 5 heteroatoms. The molecule has 0 heterocycles. The molecule has 0 saturated carbocycles. The van der Waals surface area contributed by atoms with Gasteiger partial charge < -0.3 is 21.4 Å². The molecular formula is C6H15NO4. The SMILES string of the molecule is CC(O)C(C)C(N)C(=O)O.O. The standard InChI is InChI=1S/C6H13NO3.H2O/c1-3(4(2)8)5(7)6(9)10;/h3-5,8H,7H2,1-2H3,(H,9,10);1H2. The Morgan fingerprint density at radius 2 is 1.82 bits per heavy atom. The normalized spacial score (nSPS) is 17.8. The summed E-state index contributed by atoms with van der Waals surface area (Å²) in [6.45, 7) is 3.12. The second-order valence-corrected chi connectivity index (χ2v) is 2.46. The lowest BCUT2D eigenvalue weighted by Gasteiger charge is -2.17. The van der Waals surface area contributed by atoms with Gasteiger partial charge in [0.25, 0.3) is 0 Å². The molecule has 3 atom stereocenters. The summed E-state index contributed by atoms with van der Waals surface area (Å²) < 4.78 is 0. The summed E-state index contributed by atoms with van der Waals surface area (Å²) in [5.41, 5.74) is 5.20. The third kappa shape index (κ3) is 3.92. The highest BCUT2D eigenvalue weighted by Crippen LogP contribution is 2.05. The molecule has 0 aromatic heterocycles. The van der Waals surface area contributed by atoms with Gasteiger partial charge in [-0.15, -0.1) is 0 Å². The van der Waals surface area contributed by atoms with Gasteiger partial charge in [-0.25, -0.2) is 0 Å². The zero-order valence-corrected chi connectivity index (χ0v) is 6.61. The molecule has 0 radical (unpaired) electrons. The molecule has 0 fully saturated rings. The van der Waals surface area contributed by atoms with Gasteiger partial charge in [0.2, 0.25) is 0 Å². The lowest BCUT2D eigenvalue weighted by molar-refractivity contribution is -0.140. The average Bonchev–Trinajstić information content (AvgIpc) is 1.84. The molecule has 0 amide bonds. The first-order chi connectivity index (χ1) is 4.46. The lowest BCUT2D eigenvalue weighted by Crippen LogP contribution is -2.41. The molecule has 5 nitrogen and oxygen atoms in total. The Bertz CT molecular complexity index is 126. The molecule has 0 aliphatic rings. The van der Waals surface area contributed by atoms with Crippen LogP contribution in [0.1, 0.15) is 13.8 Å². The number of hydrogen-bond donors (Lipinski definition) is 3. The lowest BCUT2D eigenvalue weighted by atomic mass is 9.98. The van der Waals surface area contributed by atoms with Gasteiger partial charge in [0.15, 0.2) is 0 Å². The number of aliphatic hydroxyl groups excluding tert-OH is 1. The molecule has 11 heavy (non-hydrogen) atoms. The number of hydrogen-bond acceptors (Lipinski definition) is 3. The van der Waals surface area contributed by atoms with E-state index in [9.17, 15) is 4.79 Å². The van der Waals surface area contributed by atoms with Crippen LogP contribution in [0.4, 0.5) is 0 Å². The number of aliphatic carboxylic acids is 1. The van der Waals surface area contributed by atoms with Gasteiger partial charge in [0.05, 0.1) is 6.10 Å². The third-order valence-corrected chi connectivity index (χ3v) is 1.61. The number of carboxylic acids is 1. The van der Waals surface area contributed by atoms with Crippen molar-refractivity contribution in [1.29, 1.82) is 0 Å². The van der Waals surface area contributed by atoms with Crippen molar-refractivity contribution in [2.45, 2.75) is 26.0 Å². The maximum Gasteiger partial charge on any atom is 0.320 e. The van der Waals surface area contributed by atoms with Crippen molar-refractivity contribution in [3.05, 3.63) is 0 Å². The van der Waals surface area contributed by atoms with Crippen LogP contribution in [0, 0.1) is 5.92 Å². The van der Waals surface area contributed by atoms with Crippen LogP contribution >= 0.6 is 0 Å². The van der Waals surface area contributed by atoms with E-state index in [0.29, 0.717) is 0 Å². The smallest absolute Gasteiger partial charge is 0.320 e. The van der Waals surface area contributed by atoms with Crippen LogP contribution in [0.15, 0.2) is 0 Å². The molecule has 0 spiro atoms. The Hall–Kier alpha value is -0.650. The van der Waals surface area contributed by atoms with E-state index in [1.54, 1.807) is 6.92 Å². The first-order valence-electron chi connectivity index (χ1n) is 3.13. The van der Waals surface area contributed by atoms with Crippen molar-refractivity contribution < 1.29 is 20.5 Å². The van der Waals surface area contributed by atoms with Gasteiger partial charge in [0.1, 0.15) is 6.04 Å². The maximum atomic E-state index is 10.2. The van der Waals surface area contributed by atoms with Crippen LogP contribution in [-0.4, -0.2) is 33.8 Å². The second-order valence-electron chi connectivity index (χ2n) is 2.46. The van der Waals surface area contributed by atoms with Crippen LogP contribution in [-0.2, 0) is 4.79 Å². The zero-order valence-electron chi connectivity index (χ0n) is 6.61. The van der Waals surface area contributed by atoms with Crippen LogP contribution in [0.5, 0.6) is 0 Å². The third-order valence-electron chi connectivity index (χ3n) is 1.61. The molecule has 6 N–H and O–H groups in total. The van der Waals surface area contributed by atoms with Crippen molar-refractivity contribution in [1.82, 2.24) is 0 Å². The van der Waals surface area contributed by atoms with E-state index in [2.05, 4.69) is 0 Å². The summed E-state index contributed by atoms with van der Waals surface area (Å²) in [4.78, 5) is 10.2. The summed E-state index contributed by atoms with van der Waals surface area (Å²) >= 11 is 0. The minimum absolute atomic E-state index is 0. The van der Waals surface area contributed by atoms with Crippen LogP contribution in [0.2, 0.25) is 0 Å². The Morgan fingerprint density at radius 1 is 1.45 bits per heavy atom. The van der Waals surface area contributed by atoms with Gasteiger partial charge in [-0.3, -0.25) is 4.79 Å². The maximum absolute atomic E-state index is 10.2. The highest BCUT2D eigenvalue weighted by atomic mass is 16.4. The number of rotatable bonds is 3. The Labute approximate surface area is 65.1 Å². The predicted octanol–water partition coefficient (Wildman–Crippen LogP) is -1.41. The Morgan fingerprint density at radius 3 is 1.91 bits per heavy atom. The molecule has 3 unspecified atom stereocenters. The fraction of sp³-hybridized carbons (Fsp3) is 0.833. The van der Waals surface area contributed by atoms with Crippen molar-refractivity contribution in [2.24, 2.45) is 11.7 Å². The fourth-order valence-corrected chi connectivity index (χ4v) is 0.525. The monoisotopic (exact) mass is 165 g/mol. The number of aliphatic hydroxyl groups is 1. The van der Waals surface area contributed by atoms with Gasteiger partial charge in [-0.1, -0.05) is 6.92 Å². The number of nitrogens with two attached hydrogens (primary N) is 1. The van der Waals surface area contributed by atoms with Crippen LogP contribution in [0.25, 0.3) is 0 Å². The van der Waals surface area contributed by atoms with E-state index in [0.717, 1.165) is 0 Å². The summed E-state index contributed by atoms with van der Waals surface area (Å²) in [6, 6.07) is -0.972. The molecule has 0 aromatic rings. The first-order valence-corrected chi connectivity index (χ1v) is 3.13. The van der Waals surface area contributed by atoms with E-state index in [-0.39, 0.29) is 5.48 Å². The molecule has 0 aliphatic carbocycles. The van der Waals surface area contributed by atoms with Crippen LogP contribution < -0.4 is 5.73 Å². The number of carboxylic acid groups (broad SMARTS) is 1. The molecule has 0 bridgehead atoms. The van der Waals surface area contributed by atoms with Crippen molar-refractivity contribution in [3.8, 4) is 0 Å². The summed E-state index contributed by atoms with van der Waals surface area (Å²) in [5.74, 6) is -1.48. The van der Waals surface area contributed by atoms with Crippen molar-refractivity contribution in [2.75, 3.05) is 0 Å². The summed E-state index contributed by atoms with van der Waals surface area (Å²) in [5, 5.41) is 17.3. The van der Waals surface area contributed by atoms with Gasteiger partial charge in [-0.2, -0.15) is 0 Å². The summed E-state index contributed by atoms with van der Waals surface area (Å²) in [6.07, 6.45) is -0.675. The summed E-state index contributed by atoms with van der Waals surface area (Å²) in [7, 11) is 0. The molecule has 0 aromatic carbocycles. The van der Waals surface area contributed by atoms with Gasteiger partial charge >= 0.3 is 5.97 Å². The van der Waals surface area contributed by atoms with E-state index in [4.69, 9.17) is 15.9 Å². The molecule has 0 rings (SSSR count). The van der Waals surface area contributed by atoms with Gasteiger partial charge in [0, 0.05) is 5.92 Å². The first kappa shape index (κ1) is 13.0.